The number of rotatable bonds is 2. The van der Waals surface area contributed by atoms with Gasteiger partial charge in [-0.2, -0.15) is 5.26 Å². The molecule has 0 aliphatic carbocycles. The van der Waals surface area contributed by atoms with Crippen molar-refractivity contribution in [2.24, 2.45) is 0 Å². The van der Waals surface area contributed by atoms with E-state index in [1.54, 1.807) is 24.3 Å². The molecule has 0 N–H and O–H groups in total. The fourth-order valence-electron chi connectivity index (χ4n) is 1.30. The van der Waals surface area contributed by atoms with E-state index in [0.717, 1.165) is 5.56 Å². The smallest absolute Gasteiger partial charge is 0.219 e. The summed E-state index contributed by atoms with van der Waals surface area (Å²) in [7, 11) is 0. The van der Waals surface area contributed by atoms with Crippen LogP contribution in [0.5, 0.6) is 11.6 Å². The number of benzene rings is 1. The minimum Gasteiger partial charge on any atom is -0.439 e. The first kappa shape index (κ1) is 11.4. The predicted octanol–water partition coefficient (Wildman–Crippen LogP) is 3.71. The van der Waals surface area contributed by atoms with E-state index >= 15 is 0 Å². The Kier molecular flexibility index (Phi) is 3.27. The highest BCUT2D eigenvalue weighted by Gasteiger charge is 2.03. The van der Waals surface area contributed by atoms with E-state index in [-0.39, 0.29) is 0 Å². The summed E-state index contributed by atoms with van der Waals surface area (Å²) in [5.41, 5.74) is 1.47. The summed E-state index contributed by atoms with van der Waals surface area (Å²) in [6.07, 6.45) is 1.47. The lowest BCUT2D eigenvalue weighted by Gasteiger charge is -2.07. The first-order valence-electron chi connectivity index (χ1n) is 4.99. The molecule has 1 aromatic carbocycles. The van der Waals surface area contributed by atoms with Gasteiger partial charge in [0.1, 0.15) is 11.8 Å². The molecule has 84 valence electrons. The molecule has 0 saturated carbocycles. The van der Waals surface area contributed by atoms with Gasteiger partial charge in [0.15, 0.2) is 0 Å². The highest BCUT2D eigenvalue weighted by Crippen LogP contribution is 2.26. The van der Waals surface area contributed by atoms with Crippen molar-refractivity contribution in [1.82, 2.24) is 4.98 Å². The Balaban J connectivity index is 2.25. The van der Waals surface area contributed by atoms with Crippen LogP contribution in [-0.2, 0) is 0 Å². The van der Waals surface area contributed by atoms with Gasteiger partial charge in [0.2, 0.25) is 5.88 Å². The number of nitriles is 1. The maximum atomic E-state index is 8.65. The van der Waals surface area contributed by atoms with Crippen LogP contribution in [0.25, 0.3) is 0 Å². The van der Waals surface area contributed by atoms with Crippen LogP contribution in [0, 0.1) is 18.3 Å². The van der Waals surface area contributed by atoms with Crippen LogP contribution in [0.4, 0.5) is 0 Å². The van der Waals surface area contributed by atoms with E-state index in [4.69, 9.17) is 21.6 Å². The molecule has 0 amide bonds. The van der Waals surface area contributed by atoms with Gasteiger partial charge in [-0.1, -0.05) is 17.7 Å². The third-order valence-electron chi connectivity index (χ3n) is 2.23. The molecule has 2 rings (SSSR count). The van der Waals surface area contributed by atoms with Crippen LogP contribution < -0.4 is 4.74 Å². The fraction of sp³-hybridized carbons (Fsp3) is 0.0769. The van der Waals surface area contributed by atoms with Crippen LogP contribution >= 0.6 is 11.6 Å². The molecule has 0 spiro atoms. The van der Waals surface area contributed by atoms with Gasteiger partial charge in [-0.05, 0) is 30.7 Å². The van der Waals surface area contributed by atoms with E-state index in [9.17, 15) is 0 Å². The van der Waals surface area contributed by atoms with Gasteiger partial charge >= 0.3 is 0 Å². The fourth-order valence-corrected chi connectivity index (χ4v) is 1.47. The third-order valence-corrected chi connectivity index (χ3v) is 2.47. The average Bonchev–Trinajstić information content (AvgIpc) is 2.35. The predicted molar refractivity (Wildman–Crippen MR) is 65.2 cm³/mol. The number of hydrogen-bond donors (Lipinski definition) is 0. The van der Waals surface area contributed by atoms with Gasteiger partial charge in [0.05, 0.1) is 5.56 Å². The molecule has 1 heterocycles. The molecule has 1 aromatic heterocycles. The Bertz CT molecular complexity index is 573. The zero-order valence-electron chi connectivity index (χ0n) is 9.14. The van der Waals surface area contributed by atoms with Crippen molar-refractivity contribution in [1.29, 1.82) is 5.26 Å². The molecule has 0 radical (unpaired) electrons. The monoisotopic (exact) mass is 244 g/mol. The van der Waals surface area contributed by atoms with Crippen molar-refractivity contribution in [2.75, 3.05) is 0 Å². The number of aromatic nitrogens is 1. The first-order chi connectivity index (χ1) is 8.19. The molecule has 3 nitrogen and oxygen atoms in total. The first-order valence-corrected chi connectivity index (χ1v) is 5.37. The minimum atomic E-state index is 0.439. The topological polar surface area (TPSA) is 45.9 Å². The van der Waals surface area contributed by atoms with Crippen LogP contribution in [0.1, 0.15) is 11.1 Å². The van der Waals surface area contributed by atoms with E-state index in [2.05, 4.69) is 4.98 Å². The Morgan fingerprint density at radius 1 is 1.29 bits per heavy atom. The Morgan fingerprint density at radius 3 is 2.76 bits per heavy atom. The summed E-state index contributed by atoms with van der Waals surface area (Å²) in [5.74, 6) is 1.10. The summed E-state index contributed by atoms with van der Waals surface area (Å²) >= 11 is 5.89. The summed E-state index contributed by atoms with van der Waals surface area (Å²) in [5, 5.41) is 9.26. The number of ether oxygens (including phenoxy) is 1. The second-order valence-electron chi connectivity index (χ2n) is 3.51. The molecule has 4 heteroatoms. The molecule has 17 heavy (non-hydrogen) atoms. The van der Waals surface area contributed by atoms with E-state index in [1.165, 1.54) is 6.20 Å². The zero-order chi connectivity index (χ0) is 12.3. The van der Waals surface area contributed by atoms with Crippen molar-refractivity contribution >= 4 is 11.6 Å². The lowest BCUT2D eigenvalue weighted by molar-refractivity contribution is 0.459. The summed E-state index contributed by atoms with van der Waals surface area (Å²) < 4.78 is 5.58. The van der Waals surface area contributed by atoms with Crippen molar-refractivity contribution in [3.63, 3.8) is 0 Å². The van der Waals surface area contributed by atoms with Crippen molar-refractivity contribution in [3.8, 4) is 17.7 Å². The van der Waals surface area contributed by atoms with E-state index in [1.807, 2.05) is 19.1 Å². The van der Waals surface area contributed by atoms with Crippen LogP contribution in [0.15, 0.2) is 36.5 Å². The number of pyridine rings is 1. The SMILES string of the molecule is Cc1ccc(Cl)cc1Oc1ccc(C#N)cn1. The molecule has 0 unspecified atom stereocenters. The molecular formula is C13H9ClN2O. The Hall–Kier alpha value is -2.05. The van der Waals surface area contributed by atoms with E-state index < -0.39 is 0 Å². The van der Waals surface area contributed by atoms with Crippen molar-refractivity contribution < 1.29 is 4.74 Å². The lowest BCUT2D eigenvalue weighted by atomic mass is 10.2. The van der Waals surface area contributed by atoms with E-state index in [0.29, 0.717) is 22.2 Å². The molecule has 0 aliphatic rings. The minimum absolute atomic E-state index is 0.439. The summed E-state index contributed by atoms with van der Waals surface area (Å²) in [4.78, 5) is 4.03. The maximum absolute atomic E-state index is 8.65. The van der Waals surface area contributed by atoms with Gasteiger partial charge < -0.3 is 4.74 Å². The quantitative estimate of drug-likeness (QED) is 0.809. The number of nitrogens with zero attached hydrogens (tertiary/aromatic N) is 2. The molecule has 0 atom stereocenters. The van der Waals surface area contributed by atoms with Gasteiger partial charge in [-0.15, -0.1) is 0 Å². The van der Waals surface area contributed by atoms with Crippen molar-refractivity contribution in [3.05, 3.63) is 52.7 Å². The Labute approximate surface area is 104 Å². The van der Waals surface area contributed by atoms with Crippen LogP contribution in [0.2, 0.25) is 5.02 Å². The zero-order valence-corrected chi connectivity index (χ0v) is 9.90. The average molecular weight is 245 g/mol. The third kappa shape index (κ3) is 2.74. The molecule has 0 aliphatic heterocycles. The highest BCUT2D eigenvalue weighted by atomic mass is 35.5. The number of halogens is 1. The second-order valence-corrected chi connectivity index (χ2v) is 3.95. The van der Waals surface area contributed by atoms with Crippen molar-refractivity contribution in [2.45, 2.75) is 6.92 Å². The van der Waals surface area contributed by atoms with Gasteiger partial charge in [-0.25, -0.2) is 4.98 Å². The second kappa shape index (κ2) is 4.86. The highest BCUT2D eigenvalue weighted by molar-refractivity contribution is 6.30. The van der Waals surface area contributed by atoms with Gasteiger partial charge in [0, 0.05) is 17.3 Å². The van der Waals surface area contributed by atoms with Crippen LogP contribution in [-0.4, -0.2) is 4.98 Å². The normalized spacial score (nSPS) is 9.71. The molecule has 0 bridgehead atoms. The summed E-state index contributed by atoms with van der Waals surface area (Å²) in [6, 6.07) is 10.7. The standard InChI is InChI=1S/C13H9ClN2O/c1-9-2-4-11(14)6-12(9)17-13-5-3-10(7-15)8-16-13/h2-6,8H,1H3. The molecular weight excluding hydrogens is 236 g/mol. The molecule has 0 saturated heterocycles. The van der Waals surface area contributed by atoms with Crippen LogP contribution in [0.3, 0.4) is 0 Å². The largest absolute Gasteiger partial charge is 0.439 e. The molecule has 0 fully saturated rings. The summed E-state index contributed by atoms with van der Waals surface area (Å²) in [6.45, 7) is 1.93. The number of aryl methyl sites for hydroxylation is 1. The van der Waals surface area contributed by atoms with Gasteiger partial charge in [0.25, 0.3) is 0 Å². The lowest BCUT2D eigenvalue weighted by Crippen LogP contribution is -1.90. The van der Waals surface area contributed by atoms with Gasteiger partial charge in [-0.3, -0.25) is 0 Å². The maximum Gasteiger partial charge on any atom is 0.219 e. The molecule has 2 aromatic rings. The number of hydrogen-bond acceptors (Lipinski definition) is 3. The Morgan fingerprint density at radius 2 is 2.12 bits per heavy atom.